The van der Waals surface area contributed by atoms with E-state index in [0.717, 1.165) is 44.0 Å². The van der Waals surface area contributed by atoms with Gasteiger partial charge in [0.15, 0.2) is 0 Å². The number of carbonyl (C=O) groups is 1. The molecule has 1 aliphatic rings. The zero-order valence-electron chi connectivity index (χ0n) is 15.9. The molecule has 27 heavy (non-hydrogen) atoms. The number of rotatable bonds is 7. The highest BCUT2D eigenvalue weighted by Crippen LogP contribution is 2.17. The fourth-order valence-corrected chi connectivity index (χ4v) is 3.39. The molecule has 1 N–H and O–H groups in total. The molecule has 1 amide bonds. The van der Waals surface area contributed by atoms with Gasteiger partial charge >= 0.3 is 0 Å². The summed E-state index contributed by atoms with van der Waals surface area (Å²) < 4.78 is 11.3. The van der Waals surface area contributed by atoms with Crippen molar-refractivity contribution in [1.29, 1.82) is 0 Å². The monoisotopic (exact) mass is 368 g/mol. The average molecular weight is 368 g/mol. The smallest absolute Gasteiger partial charge is 0.224 e. The average Bonchev–Trinajstić information content (AvgIpc) is 2.92. The molecule has 1 atom stereocenters. The predicted octanol–water partition coefficient (Wildman–Crippen LogP) is 2.65. The van der Waals surface area contributed by atoms with E-state index in [1.54, 1.807) is 7.11 Å². The predicted molar refractivity (Wildman–Crippen MR) is 106 cm³/mol. The third-order valence-electron chi connectivity index (χ3n) is 4.75. The highest BCUT2D eigenvalue weighted by molar-refractivity contribution is 5.79. The summed E-state index contributed by atoms with van der Waals surface area (Å²) in [5.41, 5.74) is 2.20. The summed E-state index contributed by atoms with van der Waals surface area (Å²) in [6.07, 6.45) is 1.33. The van der Waals surface area contributed by atoms with E-state index in [2.05, 4.69) is 34.5 Å². The van der Waals surface area contributed by atoms with Crippen molar-refractivity contribution in [1.82, 2.24) is 10.2 Å². The van der Waals surface area contributed by atoms with Gasteiger partial charge in [0.1, 0.15) is 5.75 Å². The molecule has 0 bridgehead atoms. The van der Waals surface area contributed by atoms with Crippen LogP contribution < -0.4 is 10.1 Å². The fraction of sp³-hybridized carbons (Fsp3) is 0.409. The summed E-state index contributed by atoms with van der Waals surface area (Å²) in [5, 5.41) is 3.02. The molecule has 0 spiro atoms. The number of para-hydroxylation sites is 1. The minimum Gasteiger partial charge on any atom is -0.496 e. The minimum atomic E-state index is -0.0121. The summed E-state index contributed by atoms with van der Waals surface area (Å²) in [6, 6.07) is 18.1. The molecular weight excluding hydrogens is 340 g/mol. The summed E-state index contributed by atoms with van der Waals surface area (Å²) in [6.45, 7) is 4.01. The maximum atomic E-state index is 12.3. The molecule has 1 saturated heterocycles. The largest absolute Gasteiger partial charge is 0.496 e. The first kappa shape index (κ1) is 19.4. The van der Waals surface area contributed by atoms with Gasteiger partial charge in [0.05, 0.1) is 19.6 Å². The van der Waals surface area contributed by atoms with E-state index in [1.807, 2.05) is 30.3 Å². The SMILES string of the molecule is COc1ccccc1CC(=O)NC[C@H]1CN(Cc2ccccc2)CCCO1. The first-order valence-electron chi connectivity index (χ1n) is 9.51. The van der Waals surface area contributed by atoms with Crippen molar-refractivity contribution in [2.24, 2.45) is 0 Å². The summed E-state index contributed by atoms with van der Waals surface area (Å²) >= 11 is 0. The molecule has 3 rings (SSSR count). The number of hydrogen-bond acceptors (Lipinski definition) is 4. The second-order valence-electron chi connectivity index (χ2n) is 6.86. The van der Waals surface area contributed by atoms with Crippen molar-refractivity contribution < 1.29 is 14.3 Å². The van der Waals surface area contributed by atoms with Gasteiger partial charge in [-0.2, -0.15) is 0 Å². The Kier molecular flexibility index (Phi) is 7.25. The van der Waals surface area contributed by atoms with Gasteiger partial charge in [0.25, 0.3) is 0 Å². The molecule has 1 heterocycles. The molecule has 5 heteroatoms. The Morgan fingerprint density at radius 2 is 1.96 bits per heavy atom. The fourth-order valence-electron chi connectivity index (χ4n) is 3.39. The van der Waals surface area contributed by atoms with E-state index in [4.69, 9.17) is 9.47 Å². The zero-order chi connectivity index (χ0) is 18.9. The number of methoxy groups -OCH3 is 1. The Bertz CT molecular complexity index is 721. The molecule has 0 radical (unpaired) electrons. The number of amides is 1. The van der Waals surface area contributed by atoms with E-state index in [-0.39, 0.29) is 12.0 Å². The Hall–Kier alpha value is -2.37. The second kappa shape index (κ2) is 10.1. The van der Waals surface area contributed by atoms with Crippen LogP contribution in [0.3, 0.4) is 0 Å². The highest BCUT2D eigenvalue weighted by Gasteiger charge is 2.20. The molecule has 2 aromatic carbocycles. The van der Waals surface area contributed by atoms with Crippen LogP contribution in [0, 0.1) is 0 Å². The van der Waals surface area contributed by atoms with Crippen molar-refractivity contribution in [2.75, 3.05) is 33.4 Å². The van der Waals surface area contributed by atoms with E-state index in [9.17, 15) is 4.79 Å². The number of hydrogen-bond donors (Lipinski definition) is 1. The van der Waals surface area contributed by atoms with Crippen LogP contribution in [0.2, 0.25) is 0 Å². The third-order valence-corrected chi connectivity index (χ3v) is 4.75. The van der Waals surface area contributed by atoms with Crippen LogP contribution in [-0.2, 0) is 22.5 Å². The van der Waals surface area contributed by atoms with Crippen LogP contribution in [0.5, 0.6) is 5.75 Å². The molecule has 144 valence electrons. The molecule has 2 aromatic rings. The van der Waals surface area contributed by atoms with Gasteiger partial charge in [-0.1, -0.05) is 48.5 Å². The molecule has 0 aliphatic carbocycles. The Morgan fingerprint density at radius 3 is 2.78 bits per heavy atom. The van der Waals surface area contributed by atoms with E-state index >= 15 is 0 Å². The van der Waals surface area contributed by atoms with E-state index in [1.165, 1.54) is 5.56 Å². The lowest BCUT2D eigenvalue weighted by molar-refractivity contribution is -0.121. The van der Waals surface area contributed by atoms with Gasteiger partial charge in [-0.15, -0.1) is 0 Å². The standard InChI is InChI=1S/C22H28N2O3/c1-26-21-11-6-5-10-19(21)14-22(25)23-15-20-17-24(12-7-13-27-20)16-18-8-3-2-4-9-18/h2-6,8-11,20H,7,12-17H2,1H3,(H,23,25)/t20-/m0/s1. The number of carbonyl (C=O) groups excluding carboxylic acids is 1. The molecule has 0 unspecified atom stereocenters. The van der Waals surface area contributed by atoms with E-state index in [0.29, 0.717) is 13.0 Å². The van der Waals surface area contributed by atoms with Crippen molar-refractivity contribution in [2.45, 2.75) is 25.5 Å². The molecule has 1 fully saturated rings. The highest BCUT2D eigenvalue weighted by atomic mass is 16.5. The van der Waals surface area contributed by atoms with Gasteiger partial charge in [-0.3, -0.25) is 9.69 Å². The van der Waals surface area contributed by atoms with E-state index < -0.39 is 0 Å². The lowest BCUT2D eigenvalue weighted by Crippen LogP contribution is -2.40. The van der Waals surface area contributed by atoms with Gasteiger partial charge < -0.3 is 14.8 Å². The van der Waals surface area contributed by atoms with Crippen molar-refractivity contribution in [3.05, 3.63) is 65.7 Å². The number of nitrogens with zero attached hydrogens (tertiary/aromatic N) is 1. The van der Waals surface area contributed by atoms with Gasteiger partial charge in [-0.25, -0.2) is 0 Å². The number of ether oxygens (including phenoxy) is 2. The van der Waals surface area contributed by atoms with Crippen LogP contribution >= 0.6 is 0 Å². The van der Waals surface area contributed by atoms with Crippen LogP contribution in [-0.4, -0.2) is 50.3 Å². The third kappa shape index (κ3) is 6.08. The van der Waals surface area contributed by atoms with Crippen LogP contribution in [0.25, 0.3) is 0 Å². The molecule has 0 saturated carbocycles. The van der Waals surface area contributed by atoms with Crippen molar-refractivity contribution >= 4 is 5.91 Å². The summed E-state index contributed by atoms with van der Waals surface area (Å²) in [4.78, 5) is 14.7. The summed E-state index contributed by atoms with van der Waals surface area (Å²) in [7, 11) is 1.62. The first-order chi connectivity index (χ1) is 13.2. The van der Waals surface area contributed by atoms with Crippen molar-refractivity contribution in [3.63, 3.8) is 0 Å². The maximum Gasteiger partial charge on any atom is 0.224 e. The quantitative estimate of drug-likeness (QED) is 0.816. The van der Waals surface area contributed by atoms with Crippen LogP contribution in [0.1, 0.15) is 17.5 Å². The molecule has 5 nitrogen and oxygen atoms in total. The Morgan fingerprint density at radius 1 is 1.19 bits per heavy atom. The lowest BCUT2D eigenvalue weighted by Gasteiger charge is -2.24. The Balaban J connectivity index is 1.49. The Labute approximate surface area is 161 Å². The zero-order valence-corrected chi connectivity index (χ0v) is 15.9. The maximum absolute atomic E-state index is 12.3. The normalized spacial score (nSPS) is 17.9. The van der Waals surface area contributed by atoms with Gasteiger partial charge in [-0.05, 0) is 18.1 Å². The van der Waals surface area contributed by atoms with Crippen molar-refractivity contribution in [3.8, 4) is 5.75 Å². The molecule has 1 aliphatic heterocycles. The summed E-state index contributed by atoms with van der Waals surface area (Å²) in [5.74, 6) is 0.731. The molecule has 0 aromatic heterocycles. The number of nitrogens with one attached hydrogen (secondary N) is 1. The first-order valence-corrected chi connectivity index (χ1v) is 9.51. The lowest BCUT2D eigenvalue weighted by atomic mass is 10.1. The topological polar surface area (TPSA) is 50.8 Å². The molecular formula is C22H28N2O3. The van der Waals surface area contributed by atoms with Crippen LogP contribution in [0.4, 0.5) is 0 Å². The minimum absolute atomic E-state index is 0.0119. The van der Waals surface area contributed by atoms with Gasteiger partial charge in [0.2, 0.25) is 5.91 Å². The van der Waals surface area contributed by atoms with Gasteiger partial charge in [0, 0.05) is 38.3 Å². The number of benzene rings is 2. The second-order valence-corrected chi connectivity index (χ2v) is 6.86. The van der Waals surface area contributed by atoms with Crippen LogP contribution in [0.15, 0.2) is 54.6 Å².